The quantitative estimate of drug-likeness (QED) is 0.761. The maximum absolute atomic E-state index is 12.2. The Bertz CT molecular complexity index is 364. The topological polar surface area (TPSA) is 82.1 Å². The molecule has 0 aromatic rings. The zero-order valence-electron chi connectivity index (χ0n) is 11.9. The molecule has 0 saturated carbocycles. The number of likely N-dealkylation sites (tertiary alicyclic amines) is 1. The van der Waals surface area contributed by atoms with E-state index in [0.29, 0.717) is 19.7 Å². The molecule has 0 spiro atoms. The molecule has 2 aliphatic heterocycles. The van der Waals surface area contributed by atoms with Crippen LogP contribution in [0.3, 0.4) is 0 Å². The van der Waals surface area contributed by atoms with Gasteiger partial charge in [0.05, 0.1) is 19.1 Å². The van der Waals surface area contributed by atoms with Crippen LogP contribution in [0, 0.1) is 0 Å². The number of carbonyl (C=O) groups is 2. The van der Waals surface area contributed by atoms with Crippen LogP contribution in [0.1, 0.15) is 19.3 Å². The summed E-state index contributed by atoms with van der Waals surface area (Å²) in [6.45, 7) is 3.21. The Kier molecular flexibility index (Phi) is 5.19. The van der Waals surface area contributed by atoms with Gasteiger partial charge in [-0.15, -0.1) is 0 Å². The van der Waals surface area contributed by atoms with E-state index in [4.69, 9.17) is 9.84 Å². The molecule has 0 bridgehead atoms. The predicted octanol–water partition coefficient (Wildman–Crippen LogP) is -0.0343. The zero-order valence-corrected chi connectivity index (χ0v) is 11.9. The van der Waals surface area contributed by atoms with Crippen LogP contribution in [-0.4, -0.2) is 78.9 Å². The number of nitrogens with one attached hydrogen (secondary N) is 1. The number of piperidine rings is 1. The number of carboxylic acids is 1. The highest BCUT2D eigenvalue weighted by atomic mass is 16.5. The number of amides is 2. The van der Waals surface area contributed by atoms with Crippen molar-refractivity contribution < 1.29 is 19.4 Å². The molecule has 2 saturated heterocycles. The molecule has 0 radical (unpaired) electrons. The van der Waals surface area contributed by atoms with Crippen LogP contribution in [-0.2, 0) is 9.53 Å². The van der Waals surface area contributed by atoms with Gasteiger partial charge in [-0.25, -0.2) is 4.79 Å². The summed E-state index contributed by atoms with van der Waals surface area (Å²) in [6, 6.07) is 0.0750. The molecular weight excluding hydrogens is 262 g/mol. The smallest absolute Gasteiger partial charge is 0.317 e. The van der Waals surface area contributed by atoms with Crippen LogP contribution in [0.15, 0.2) is 0 Å². The molecular formula is C13H23N3O4. The summed E-state index contributed by atoms with van der Waals surface area (Å²) in [6.07, 6.45) is 1.63. The summed E-state index contributed by atoms with van der Waals surface area (Å²) in [5.41, 5.74) is 0. The third-order valence-electron chi connectivity index (χ3n) is 3.78. The number of ether oxygens (including phenoxy) is 1. The lowest BCUT2D eigenvalue weighted by Crippen LogP contribution is -2.54. The number of morpholine rings is 1. The minimum absolute atomic E-state index is 0.0596. The van der Waals surface area contributed by atoms with Crippen molar-refractivity contribution in [1.82, 2.24) is 15.1 Å². The number of carboxylic acid groups (broad SMARTS) is 1. The first-order valence-corrected chi connectivity index (χ1v) is 7.12. The summed E-state index contributed by atoms with van der Waals surface area (Å²) in [5, 5.41) is 11.8. The first-order chi connectivity index (χ1) is 9.54. The van der Waals surface area contributed by atoms with Gasteiger partial charge >= 0.3 is 12.0 Å². The average Bonchev–Trinajstić information content (AvgIpc) is 2.38. The molecule has 2 fully saturated rings. The normalized spacial score (nSPS) is 28.1. The SMILES string of the molecule is CN1CCCC(NC(=O)N2CCOC(CC(=O)O)C2)C1. The highest BCUT2D eigenvalue weighted by Gasteiger charge is 2.27. The Labute approximate surface area is 118 Å². The van der Waals surface area contributed by atoms with E-state index >= 15 is 0 Å². The molecule has 2 rings (SSSR count). The summed E-state index contributed by atoms with van der Waals surface area (Å²) in [7, 11) is 2.05. The summed E-state index contributed by atoms with van der Waals surface area (Å²) < 4.78 is 5.37. The summed E-state index contributed by atoms with van der Waals surface area (Å²) in [5.74, 6) is -0.897. The number of aliphatic carboxylic acids is 1. The third-order valence-corrected chi connectivity index (χ3v) is 3.78. The second-order valence-electron chi connectivity index (χ2n) is 5.59. The first kappa shape index (κ1) is 15.1. The van der Waals surface area contributed by atoms with Crippen LogP contribution in [0.5, 0.6) is 0 Å². The van der Waals surface area contributed by atoms with Crippen LogP contribution in [0.2, 0.25) is 0 Å². The van der Waals surface area contributed by atoms with E-state index in [-0.39, 0.29) is 18.5 Å². The van der Waals surface area contributed by atoms with Gasteiger partial charge in [-0.05, 0) is 26.4 Å². The number of hydrogen-bond donors (Lipinski definition) is 2. The highest BCUT2D eigenvalue weighted by molar-refractivity contribution is 5.75. The lowest BCUT2D eigenvalue weighted by Gasteiger charge is -2.35. The molecule has 0 aromatic heterocycles. The maximum atomic E-state index is 12.2. The third kappa shape index (κ3) is 4.35. The van der Waals surface area contributed by atoms with Gasteiger partial charge in [0.15, 0.2) is 0 Å². The molecule has 2 N–H and O–H groups in total. The van der Waals surface area contributed by atoms with Crippen molar-refractivity contribution in [3.8, 4) is 0 Å². The fourth-order valence-corrected chi connectivity index (χ4v) is 2.77. The Morgan fingerprint density at radius 3 is 2.85 bits per heavy atom. The standard InChI is InChI=1S/C13H23N3O4/c1-15-4-2-3-10(8-15)14-13(19)16-5-6-20-11(9-16)7-12(17)18/h10-11H,2-9H2,1H3,(H,14,19)(H,17,18). The van der Waals surface area contributed by atoms with Gasteiger partial charge in [0.25, 0.3) is 0 Å². The van der Waals surface area contributed by atoms with Crippen LogP contribution >= 0.6 is 0 Å². The van der Waals surface area contributed by atoms with Crippen molar-refractivity contribution in [2.24, 2.45) is 0 Å². The molecule has 114 valence electrons. The Balaban J connectivity index is 1.80. The average molecular weight is 285 g/mol. The minimum Gasteiger partial charge on any atom is -0.481 e. The zero-order chi connectivity index (χ0) is 14.5. The van der Waals surface area contributed by atoms with E-state index in [2.05, 4.69) is 17.3 Å². The Morgan fingerprint density at radius 1 is 1.35 bits per heavy atom. The van der Waals surface area contributed by atoms with Crippen LogP contribution in [0.4, 0.5) is 4.79 Å². The summed E-state index contributed by atoms with van der Waals surface area (Å²) >= 11 is 0. The molecule has 2 aliphatic rings. The highest BCUT2D eigenvalue weighted by Crippen LogP contribution is 2.11. The lowest BCUT2D eigenvalue weighted by molar-refractivity contribution is -0.141. The molecule has 2 unspecified atom stereocenters. The van der Waals surface area contributed by atoms with E-state index in [1.165, 1.54) is 0 Å². The van der Waals surface area contributed by atoms with Gasteiger partial charge in [0.1, 0.15) is 0 Å². The second kappa shape index (κ2) is 6.90. The molecule has 7 nitrogen and oxygen atoms in total. The van der Waals surface area contributed by atoms with Crippen LogP contribution in [0.25, 0.3) is 0 Å². The largest absolute Gasteiger partial charge is 0.481 e. The molecule has 2 amide bonds. The predicted molar refractivity (Wildman–Crippen MR) is 72.6 cm³/mol. The Morgan fingerprint density at radius 2 is 2.15 bits per heavy atom. The monoisotopic (exact) mass is 285 g/mol. The van der Waals surface area contributed by atoms with Crippen molar-refractivity contribution >= 4 is 12.0 Å². The van der Waals surface area contributed by atoms with Crippen molar-refractivity contribution in [1.29, 1.82) is 0 Å². The van der Waals surface area contributed by atoms with Gasteiger partial charge in [-0.1, -0.05) is 0 Å². The van der Waals surface area contributed by atoms with Gasteiger partial charge < -0.3 is 25.0 Å². The number of hydrogen-bond acceptors (Lipinski definition) is 4. The van der Waals surface area contributed by atoms with Gasteiger partial charge in [0, 0.05) is 25.7 Å². The van der Waals surface area contributed by atoms with E-state index in [9.17, 15) is 9.59 Å². The minimum atomic E-state index is -0.897. The van der Waals surface area contributed by atoms with Crippen molar-refractivity contribution in [3.63, 3.8) is 0 Å². The number of rotatable bonds is 3. The van der Waals surface area contributed by atoms with Crippen molar-refractivity contribution in [3.05, 3.63) is 0 Å². The maximum Gasteiger partial charge on any atom is 0.317 e. The Hall–Kier alpha value is -1.34. The van der Waals surface area contributed by atoms with Crippen LogP contribution < -0.4 is 5.32 Å². The fourth-order valence-electron chi connectivity index (χ4n) is 2.77. The van der Waals surface area contributed by atoms with E-state index in [1.54, 1.807) is 4.90 Å². The van der Waals surface area contributed by atoms with Gasteiger partial charge in [0.2, 0.25) is 0 Å². The molecule has 0 aromatic carbocycles. The molecule has 0 aliphatic carbocycles. The fraction of sp³-hybridized carbons (Fsp3) is 0.846. The number of urea groups is 1. The molecule has 2 atom stereocenters. The molecule has 7 heteroatoms. The second-order valence-corrected chi connectivity index (χ2v) is 5.59. The van der Waals surface area contributed by atoms with E-state index in [0.717, 1.165) is 25.9 Å². The van der Waals surface area contributed by atoms with E-state index in [1.807, 2.05) is 0 Å². The molecule has 20 heavy (non-hydrogen) atoms. The lowest BCUT2D eigenvalue weighted by atomic mass is 10.1. The number of carbonyl (C=O) groups excluding carboxylic acids is 1. The van der Waals surface area contributed by atoms with E-state index < -0.39 is 12.1 Å². The summed E-state index contributed by atoms with van der Waals surface area (Å²) in [4.78, 5) is 26.8. The number of nitrogens with zero attached hydrogens (tertiary/aromatic N) is 2. The first-order valence-electron chi connectivity index (χ1n) is 7.12. The van der Waals surface area contributed by atoms with Gasteiger partial charge in [-0.2, -0.15) is 0 Å². The van der Waals surface area contributed by atoms with Gasteiger partial charge in [-0.3, -0.25) is 4.79 Å². The van der Waals surface area contributed by atoms with Crippen molar-refractivity contribution in [2.45, 2.75) is 31.4 Å². The number of likely N-dealkylation sites (N-methyl/N-ethyl adjacent to an activating group) is 1. The molecule has 2 heterocycles. The van der Waals surface area contributed by atoms with Crippen molar-refractivity contribution in [2.75, 3.05) is 39.8 Å².